The van der Waals surface area contributed by atoms with Crippen molar-refractivity contribution in [3.8, 4) is 0 Å². The summed E-state index contributed by atoms with van der Waals surface area (Å²) >= 11 is 2.61. The molecule has 24 heavy (non-hydrogen) atoms. The molecule has 0 aliphatic carbocycles. The standard InChI is InChI=1S/C15H19N5O2S2/c1-8(2)11(12(21)18-13(16)22)23-15-20-19-14(24-15)17-10-6-4-9(3)5-7-10/h4-8,11H,1-3H3,(H,17,19)(H3,16,18,21,22)/t11-/m1/s1. The number of nitrogens with one attached hydrogen (secondary N) is 2. The van der Waals surface area contributed by atoms with E-state index in [1.54, 1.807) is 0 Å². The van der Waals surface area contributed by atoms with Crippen LogP contribution in [0.2, 0.25) is 0 Å². The van der Waals surface area contributed by atoms with E-state index in [1.807, 2.05) is 45.0 Å². The van der Waals surface area contributed by atoms with Gasteiger partial charge in [-0.15, -0.1) is 10.2 Å². The SMILES string of the molecule is Cc1ccc(Nc2nnc(S[C@@H](C(=O)NC(N)=O)C(C)C)s2)cc1. The van der Waals surface area contributed by atoms with Crippen molar-refractivity contribution in [1.82, 2.24) is 15.5 Å². The van der Waals surface area contributed by atoms with Crippen LogP contribution >= 0.6 is 23.1 Å². The lowest BCUT2D eigenvalue weighted by molar-refractivity contribution is -0.120. The summed E-state index contributed by atoms with van der Waals surface area (Å²) < 4.78 is 0.642. The molecule has 0 saturated carbocycles. The average Bonchev–Trinajstić information content (AvgIpc) is 2.93. The van der Waals surface area contributed by atoms with E-state index in [-0.39, 0.29) is 5.92 Å². The van der Waals surface area contributed by atoms with E-state index in [0.29, 0.717) is 9.47 Å². The van der Waals surface area contributed by atoms with Gasteiger partial charge in [0, 0.05) is 5.69 Å². The normalized spacial score (nSPS) is 12.0. The summed E-state index contributed by atoms with van der Waals surface area (Å²) in [5.74, 6) is -0.419. The molecule has 0 radical (unpaired) electrons. The zero-order valence-corrected chi connectivity index (χ0v) is 15.2. The molecule has 0 bridgehead atoms. The summed E-state index contributed by atoms with van der Waals surface area (Å²) in [6.45, 7) is 5.81. The first-order valence-electron chi connectivity index (χ1n) is 7.29. The van der Waals surface area contributed by atoms with Crippen LogP contribution in [0.25, 0.3) is 0 Å². The van der Waals surface area contributed by atoms with Crippen molar-refractivity contribution in [3.05, 3.63) is 29.8 Å². The zero-order chi connectivity index (χ0) is 17.7. The highest BCUT2D eigenvalue weighted by atomic mass is 32.2. The third-order valence-corrected chi connectivity index (χ3v) is 5.52. The fraction of sp³-hybridized carbons (Fsp3) is 0.333. The van der Waals surface area contributed by atoms with E-state index in [9.17, 15) is 9.59 Å². The minimum absolute atomic E-state index is 0.00626. The molecule has 0 aliphatic heterocycles. The molecule has 9 heteroatoms. The van der Waals surface area contributed by atoms with Crippen molar-refractivity contribution >= 4 is 45.9 Å². The Morgan fingerprint density at radius 3 is 2.46 bits per heavy atom. The number of urea groups is 1. The van der Waals surface area contributed by atoms with Crippen molar-refractivity contribution in [1.29, 1.82) is 0 Å². The van der Waals surface area contributed by atoms with Gasteiger partial charge in [0.1, 0.15) is 0 Å². The quantitative estimate of drug-likeness (QED) is 0.679. The monoisotopic (exact) mass is 365 g/mol. The molecular weight excluding hydrogens is 346 g/mol. The second-order valence-electron chi connectivity index (χ2n) is 5.50. The molecule has 0 saturated heterocycles. The summed E-state index contributed by atoms with van der Waals surface area (Å²) in [7, 11) is 0. The Morgan fingerprint density at radius 1 is 1.21 bits per heavy atom. The summed E-state index contributed by atoms with van der Waals surface area (Å²) in [5, 5.41) is 13.6. The van der Waals surface area contributed by atoms with Gasteiger partial charge in [-0.25, -0.2) is 4.79 Å². The number of benzene rings is 1. The maximum atomic E-state index is 12.0. The molecular formula is C15H19N5O2S2. The Morgan fingerprint density at radius 2 is 1.88 bits per heavy atom. The van der Waals surface area contributed by atoms with E-state index in [0.717, 1.165) is 5.69 Å². The molecule has 7 nitrogen and oxygen atoms in total. The summed E-state index contributed by atoms with van der Waals surface area (Å²) in [6.07, 6.45) is 0. The van der Waals surface area contributed by atoms with Crippen LogP contribution in [0.15, 0.2) is 28.6 Å². The Hall–Kier alpha value is -2.13. The maximum absolute atomic E-state index is 12.0. The van der Waals surface area contributed by atoms with Gasteiger partial charge in [-0.3, -0.25) is 10.1 Å². The first-order chi connectivity index (χ1) is 11.3. The molecule has 2 rings (SSSR count). The van der Waals surface area contributed by atoms with Crippen LogP contribution in [-0.4, -0.2) is 27.4 Å². The Balaban J connectivity index is 2.04. The lowest BCUT2D eigenvalue weighted by Crippen LogP contribution is -2.42. The molecule has 128 valence electrons. The number of thioether (sulfide) groups is 1. The molecule has 4 N–H and O–H groups in total. The molecule has 1 aromatic heterocycles. The number of anilines is 2. The molecule has 0 unspecified atom stereocenters. The number of carbonyl (C=O) groups excluding carboxylic acids is 2. The topological polar surface area (TPSA) is 110 Å². The van der Waals surface area contributed by atoms with Crippen LogP contribution in [0.3, 0.4) is 0 Å². The van der Waals surface area contributed by atoms with Crippen LogP contribution in [0.4, 0.5) is 15.6 Å². The molecule has 3 amide bonds. The van der Waals surface area contributed by atoms with Crippen LogP contribution < -0.4 is 16.4 Å². The van der Waals surface area contributed by atoms with E-state index in [4.69, 9.17) is 5.73 Å². The number of nitrogens with zero attached hydrogens (tertiary/aromatic N) is 2. The minimum Gasteiger partial charge on any atom is -0.351 e. The highest BCUT2D eigenvalue weighted by molar-refractivity contribution is 8.02. The van der Waals surface area contributed by atoms with Gasteiger partial charge in [0.2, 0.25) is 11.0 Å². The molecule has 1 atom stereocenters. The van der Waals surface area contributed by atoms with E-state index >= 15 is 0 Å². The number of primary amides is 1. The highest BCUT2D eigenvalue weighted by Crippen LogP contribution is 2.33. The number of aromatic nitrogens is 2. The van der Waals surface area contributed by atoms with E-state index in [2.05, 4.69) is 20.8 Å². The van der Waals surface area contributed by atoms with E-state index < -0.39 is 17.2 Å². The zero-order valence-electron chi connectivity index (χ0n) is 13.6. The van der Waals surface area contributed by atoms with Crippen molar-refractivity contribution in [3.63, 3.8) is 0 Å². The predicted octanol–water partition coefficient (Wildman–Crippen LogP) is 2.90. The fourth-order valence-electron chi connectivity index (χ4n) is 1.86. The van der Waals surface area contributed by atoms with Gasteiger partial charge in [0.25, 0.3) is 0 Å². The Bertz CT molecular complexity index is 715. The predicted molar refractivity (Wildman–Crippen MR) is 96.6 cm³/mol. The minimum atomic E-state index is -0.856. The molecule has 2 aromatic rings. The number of hydrogen-bond acceptors (Lipinski definition) is 7. The van der Waals surface area contributed by atoms with Crippen molar-refractivity contribution in [2.24, 2.45) is 11.7 Å². The van der Waals surface area contributed by atoms with Gasteiger partial charge in [-0.1, -0.05) is 54.6 Å². The molecule has 0 fully saturated rings. The van der Waals surface area contributed by atoms with Crippen molar-refractivity contribution in [2.45, 2.75) is 30.4 Å². The lowest BCUT2D eigenvalue weighted by Gasteiger charge is -2.16. The van der Waals surface area contributed by atoms with E-state index in [1.165, 1.54) is 28.7 Å². The van der Waals surface area contributed by atoms with Gasteiger partial charge < -0.3 is 11.1 Å². The summed E-state index contributed by atoms with van der Waals surface area (Å²) in [6, 6.07) is 7.07. The van der Waals surface area contributed by atoms with Gasteiger partial charge >= 0.3 is 6.03 Å². The first kappa shape index (κ1) is 18.2. The Labute approximate surface area is 148 Å². The third kappa shape index (κ3) is 5.20. The van der Waals surface area contributed by atoms with Gasteiger partial charge in [0.15, 0.2) is 4.34 Å². The first-order valence-corrected chi connectivity index (χ1v) is 8.99. The number of rotatable bonds is 6. The van der Waals surface area contributed by atoms with Crippen LogP contribution in [0.5, 0.6) is 0 Å². The maximum Gasteiger partial charge on any atom is 0.318 e. The van der Waals surface area contributed by atoms with Crippen molar-refractivity contribution < 1.29 is 9.59 Å². The van der Waals surface area contributed by atoms with Crippen LogP contribution in [-0.2, 0) is 4.79 Å². The average molecular weight is 365 g/mol. The molecule has 0 spiro atoms. The highest BCUT2D eigenvalue weighted by Gasteiger charge is 2.26. The van der Waals surface area contributed by atoms with Crippen molar-refractivity contribution in [2.75, 3.05) is 5.32 Å². The number of hydrogen-bond donors (Lipinski definition) is 3. The summed E-state index contributed by atoms with van der Waals surface area (Å²) in [4.78, 5) is 22.9. The second kappa shape index (κ2) is 8.11. The number of nitrogens with two attached hydrogens (primary N) is 1. The number of imide groups is 1. The van der Waals surface area contributed by atoms with Crippen LogP contribution in [0, 0.1) is 12.8 Å². The second-order valence-corrected chi connectivity index (χ2v) is 7.87. The Kier molecular flexibility index (Phi) is 6.16. The third-order valence-electron chi connectivity index (χ3n) is 3.05. The number of carbonyl (C=O) groups is 2. The largest absolute Gasteiger partial charge is 0.351 e. The molecule has 0 aliphatic rings. The fourth-order valence-corrected chi connectivity index (χ4v) is 3.84. The number of aryl methyl sites for hydroxylation is 1. The van der Waals surface area contributed by atoms with Gasteiger partial charge in [-0.05, 0) is 25.0 Å². The lowest BCUT2D eigenvalue weighted by atomic mass is 10.1. The number of amides is 3. The van der Waals surface area contributed by atoms with Crippen LogP contribution in [0.1, 0.15) is 19.4 Å². The smallest absolute Gasteiger partial charge is 0.318 e. The van der Waals surface area contributed by atoms with Gasteiger partial charge in [-0.2, -0.15) is 0 Å². The molecule has 1 heterocycles. The van der Waals surface area contributed by atoms with Gasteiger partial charge in [0.05, 0.1) is 5.25 Å². The summed E-state index contributed by atoms with van der Waals surface area (Å²) in [5.41, 5.74) is 7.10. The molecule has 1 aromatic carbocycles.